The van der Waals surface area contributed by atoms with Gasteiger partial charge in [0.2, 0.25) is 0 Å². The number of aromatic nitrogens is 2. The lowest BCUT2D eigenvalue weighted by atomic mass is 10.5. The molecule has 0 bridgehead atoms. The Labute approximate surface area is 92.9 Å². The van der Waals surface area contributed by atoms with Gasteiger partial charge in [-0.05, 0) is 18.1 Å². The SMILES string of the molecule is CCNCCNC(=O)c1cnns1.Cl. The second kappa shape index (κ2) is 7.66. The van der Waals surface area contributed by atoms with Gasteiger partial charge >= 0.3 is 0 Å². The van der Waals surface area contributed by atoms with Gasteiger partial charge in [-0.2, -0.15) is 0 Å². The number of carbonyl (C=O) groups is 1. The van der Waals surface area contributed by atoms with Gasteiger partial charge in [-0.25, -0.2) is 0 Å². The fourth-order valence-corrected chi connectivity index (χ4v) is 1.23. The van der Waals surface area contributed by atoms with Crippen LogP contribution in [-0.2, 0) is 0 Å². The van der Waals surface area contributed by atoms with Crippen molar-refractivity contribution in [1.82, 2.24) is 20.2 Å². The predicted molar refractivity (Wildman–Crippen MR) is 58.0 cm³/mol. The molecular weight excluding hydrogens is 224 g/mol. The van der Waals surface area contributed by atoms with Crippen LogP contribution >= 0.6 is 23.9 Å². The topological polar surface area (TPSA) is 66.9 Å². The third-order valence-corrected chi connectivity index (χ3v) is 2.09. The third kappa shape index (κ3) is 4.50. The number of hydrogen-bond donors (Lipinski definition) is 2. The van der Waals surface area contributed by atoms with Gasteiger partial charge < -0.3 is 10.6 Å². The van der Waals surface area contributed by atoms with Gasteiger partial charge in [0.1, 0.15) is 4.88 Å². The molecule has 0 radical (unpaired) electrons. The molecule has 2 N–H and O–H groups in total. The number of hydrogen-bond acceptors (Lipinski definition) is 5. The van der Waals surface area contributed by atoms with Crippen LogP contribution in [0.1, 0.15) is 16.6 Å². The first-order chi connectivity index (χ1) is 6.34. The standard InChI is InChI=1S/C7H12N4OS.ClH/c1-2-8-3-4-9-7(12)6-5-10-11-13-6;/h5,8H,2-4H2,1H3,(H,9,12);1H. The summed E-state index contributed by atoms with van der Waals surface area (Å²) < 4.78 is 3.60. The lowest BCUT2D eigenvalue weighted by molar-refractivity contribution is 0.0958. The van der Waals surface area contributed by atoms with E-state index in [-0.39, 0.29) is 18.3 Å². The zero-order valence-corrected chi connectivity index (χ0v) is 9.45. The summed E-state index contributed by atoms with van der Waals surface area (Å²) in [4.78, 5) is 11.8. The number of nitrogens with zero attached hydrogens (tertiary/aromatic N) is 2. The van der Waals surface area contributed by atoms with Crippen LogP contribution in [0.15, 0.2) is 6.20 Å². The monoisotopic (exact) mass is 236 g/mol. The van der Waals surface area contributed by atoms with Crippen molar-refractivity contribution in [2.75, 3.05) is 19.6 Å². The third-order valence-electron chi connectivity index (χ3n) is 1.42. The molecular formula is C7H13ClN4OS. The Morgan fingerprint density at radius 2 is 2.36 bits per heavy atom. The van der Waals surface area contributed by atoms with E-state index >= 15 is 0 Å². The highest BCUT2D eigenvalue weighted by Crippen LogP contribution is 1.99. The van der Waals surface area contributed by atoms with Gasteiger partial charge in [-0.1, -0.05) is 11.4 Å². The van der Waals surface area contributed by atoms with Crippen molar-refractivity contribution in [2.24, 2.45) is 0 Å². The number of halogens is 1. The van der Waals surface area contributed by atoms with Crippen molar-refractivity contribution in [3.05, 3.63) is 11.1 Å². The summed E-state index contributed by atoms with van der Waals surface area (Å²) in [6.07, 6.45) is 1.47. The van der Waals surface area contributed by atoms with E-state index in [1.54, 1.807) is 0 Å². The normalized spacial score (nSPS) is 9.21. The minimum Gasteiger partial charge on any atom is -0.350 e. The van der Waals surface area contributed by atoms with Crippen LogP contribution in [0.4, 0.5) is 0 Å². The lowest BCUT2D eigenvalue weighted by Crippen LogP contribution is -2.31. The summed E-state index contributed by atoms with van der Waals surface area (Å²) in [5.41, 5.74) is 0. The van der Waals surface area contributed by atoms with Crippen molar-refractivity contribution >= 4 is 29.8 Å². The highest BCUT2D eigenvalue weighted by molar-refractivity contribution is 7.07. The van der Waals surface area contributed by atoms with Gasteiger partial charge in [-0.15, -0.1) is 17.5 Å². The number of amides is 1. The first-order valence-electron chi connectivity index (χ1n) is 4.11. The zero-order chi connectivity index (χ0) is 9.52. The summed E-state index contributed by atoms with van der Waals surface area (Å²) in [6.45, 7) is 4.35. The summed E-state index contributed by atoms with van der Waals surface area (Å²) >= 11 is 1.10. The summed E-state index contributed by atoms with van der Waals surface area (Å²) in [5.74, 6) is -0.104. The van der Waals surface area contributed by atoms with E-state index in [1.165, 1.54) is 6.20 Å². The van der Waals surface area contributed by atoms with Crippen molar-refractivity contribution in [2.45, 2.75) is 6.92 Å². The Balaban J connectivity index is 0.00000169. The molecule has 0 spiro atoms. The molecule has 0 atom stereocenters. The van der Waals surface area contributed by atoms with Crippen molar-refractivity contribution in [1.29, 1.82) is 0 Å². The van der Waals surface area contributed by atoms with Crippen LogP contribution in [0.25, 0.3) is 0 Å². The molecule has 1 rings (SSSR count). The van der Waals surface area contributed by atoms with Crippen LogP contribution in [0.3, 0.4) is 0 Å². The Morgan fingerprint density at radius 3 is 2.93 bits per heavy atom. The molecule has 0 unspecified atom stereocenters. The molecule has 1 aromatic heterocycles. The Morgan fingerprint density at radius 1 is 1.57 bits per heavy atom. The summed E-state index contributed by atoms with van der Waals surface area (Å²) in [5, 5.41) is 9.43. The molecule has 1 heterocycles. The first kappa shape index (κ1) is 13.3. The average molecular weight is 237 g/mol. The van der Waals surface area contributed by atoms with Crippen molar-refractivity contribution in [3.8, 4) is 0 Å². The van der Waals surface area contributed by atoms with E-state index in [0.717, 1.165) is 24.6 Å². The van der Waals surface area contributed by atoms with Crippen LogP contribution < -0.4 is 10.6 Å². The molecule has 0 aromatic carbocycles. The number of carbonyl (C=O) groups excluding carboxylic acids is 1. The van der Waals surface area contributed by atoms with Gasteiger partial charge in [0.25, 0.3) is 5.91 Å². The Bertz CT molecular complexity index is 254. The largest absolute Gasteiger partial charge is 0.350 e. The molecule has 5 nitrogen and oxygen atoms in total. The van der Waals surface area contributed by atoms with Crippen molar-refractivity contribution < 1.29 is 4.79 Å². The fraction of sp³-hybridized carbons (Fsp3) is 0.571. The van der Waals surface area contributed by atoms with E-state index in [4.69, 9.17) is 0 Å². The molecule has 1 aromatic rings. The highest BCUT2D eigenvalue weighted by Gasteiger charge is 2.05. The highest BCUT2D eigenvalue weighted by atomic mass is 35.5. The second-order valence-electron chi connectivity index (χ2n) is 2.39. The van der Waals surface area contributed by atoms with E-state index in [1.807, 2.05) is 6.92 Å². The Hall–Kier alpha value is -0.720. The maximum atomic E-state index is 11.3. The molecule has 0 saturated carbocycles. The molecule has 0 aliphatic rings. The van der Waals surface area contributed by atoms with Gasteiger partial charge in [-0.3, -0.25) is 4.79 Å². The van der Waals surface area contributed by atoms with E-state index < -0.39 is 0 Å². The molecule has 1 amide bonds. The smallest absolute Gasteiger partial charge is 0.264 e. The van der Waals surface area contributed by atoms with E-state index in [9.17, 15) is 4.79 Å². The van der Waals surface area contributed by atoms with Crippen molar-refractivity contribution in [3.63, 3.8) is 0 Å². The molecule has 0 fully saturated rings. The molecule has 0 aliphatic carbocycles. The molecule has 80 valence electrons. The maximum Gasteiger partial charge on any atom is 0.264 e. The quantitative estimate of drug-likeness (QED) is 0.722. The maximum absolute atomic E-state index is 11.3. The predicted octanol–water partition coefficient (Wildman–Crippen LogP) is 0.299. The van der Waals surface area contributed by atoms with Gasteiger partial charge in [0.05, 0.1) is 6.20 Å². The summed E-state index contributed by atoms with van der Waals surface area (Å²) in [6, 6.07) is 0. The lowest BCUT2D eigenvalue weighted by Gasteiger charge is -2.02. The van der Waals surface area contributed by atoms with E-state index in [2.05, 4.69) is 20.2 Å². The molecule has 7 heteroatoms. The van der Waals surface area contributed by atoms with Crippen LogP contribution in [0.2, 0.25) is 0 Å². The number of nitrogens with one attached hydrogen (secondary N) is 2. The summed E-state index contributed by atoms with van der Waals surface area (Å²) in [7, 11) is 0. The number of likely N-dealkylation sites (N-methyl/N-ethyl adjacent to an activating group) is 1. The molecule has 14 heavy (non-hydrogen) atoms. The molecule has 0 saturated heterocycles. The van der Waals surface area contributed by atoms with Crippen LogP contribution in [-0.4, -0.2) is 35.1 Å². The van der Waals surface area contributed by atoms with Gasteiger partial charge in [0, 0.05) is 13.1 Å². The first-order valence-corrected chi connectivity index (χ1v) is 4.88. The zero-order valence-electron chi connectivity index (χ0n) is 7.82. The average Bonchev–Trinajstić information content (AvgIpc) is 2.65. The fourth-order valence-electron chi connectivity index (χ4n) is 0.796. The van der Waals surface area contributed by atoms with Gasteiger partial charge in [0.15, 0.2) is 0 Å². The van der Waals surface area contributed by atoms with Crippen LogP contribution in [0.5, 0.6) is 0 Å². The van der Waals surface area contributed by atoms with E-state index in [0.29, 0.717) is 11.4 Å². The minimum absolute atomic E-state index is 0. The molecule has 0 aliphatic heterocycles. The second-order valence-corrected chi connectivity index (χ2v) is 3.18. The van der Waals surface area contributed by atoms with Crippen LogP contribution in [0, 0.1) is 0 Å². The minimum atomic E-state index is -0.104. The number of rotatable bonds is 5. The Kier molecular flexibility index (Phi) is 7.27.